The van der Waals surface area contributed by atoms with Gasteiger partial charge in [0.25, 0.3) is 0 Å². The van der Waals surface area contributed by atoms with E-state index < -0.39 is 0 Å². The Balaban J connectivity index is 1.81. The molecular weight excluding hydrogens is 320 g/mol. The van der Waals surface area contributed by atoms with Crippen LogP contribution < -0.4 is 10.6 Å². The van der Waals surface area contributed by atoms with Crippen molar-refractivity contribution in [1.82, 2.24) is 10.6 Å². The average Bonchev–Trinajstić information content (AvgIpc) is 2.93. The van der Waals surface area contributed by atoms with Gasteiger partial charge in [0.2, 0.25) is 0 Å². The molecular formula is C16H19ClN2O2S. The average molecular weight is 339 g/mol. The third kappa shape index (κ3) is 5.33. The molecule has 1 atom stereocenters. The van der Waals surface area contributed by atoms with E-state index in [0.29, 0.717) is 13.0 Å². The molecule has 0 fully saturated rings. The number of urea groups is 1. The highest BCUT2D eigenvalue weighted by Gasteiger charge is 2.13. The van der Waals surface area contributed by atoms with E-state index in [1.54, 1.807) is 0 Å². The number of carbonyl (C=O) groups is 1. The third-order valence-corrected chi connectivity index (χ3v) is 4.50. The quantitative estimate of drug-likeness (QED) is 0.725. The van der Waals surface area contributed by atoms with Crippen molar-refractivity contribution in [2.24, 2.45) is 0 Å². The Hall–Kier alpha value is -1.56. The number of amides is 2. The summed E-state index contributed by atoms with van der Waals surface area (Å²) in [5.74, 6) is 0. The van der Waals surface area contributed by atoms with Crippen LogP contribution in [0.2, 0.25) is 4.34 Å². The molecule has 0 bridgehead atoms. The number of halogens is 1. The lowest BCUT2D eigenvalue weighted by molar-refractivity contribution is 0.229. The Kier molecular flexibility index (Phi) is 6.71. The molecule has 0 radical (unpaired) electrons. The van der Waals surface area contributed by atoms with Gasteiger partial charge in [0, 0.05) is 18.0 Å². The van der Waals surface area contributed by atoms with E-state index in [9.17, 15) is 4.79 Å². The number of nitrogens with one attached hydrogen (secondary N) is 2. The van der Waals surface area contributed by atoms with Gasteiger partial charge in [0.05, 0.1) is 10.4 Å². The molecule has 22 heavy (non-hydrogen) atoms. The van der Waals surface area contributed by atoms with Crippen LogP contribution in [0.1, 0.15) is 22.9 Å². The monoisotopic (exact) mass is 338 g/mol. The predicted molar refractivity (Wildman–Crippen MR) is 90.5 cm³/mol. The number of carbonyl (C=O) groups excluding carboxylic acids is 1. The van der Waals surface area contributed by atoms with Crippen LogP contribution in [0, 0.1) is 0 Å². The SMILES string of the molecule is O=C(NCCc1ccc(Cl)s1)N[C@H](CCO)c1ccccc1. The van der Waals surface area contributed by atoms with Gasteiger partial charge in [-0.3, -0.25) is 0 Å². The first-order valence-corrected chi connectivity index (χ1v) is 8.33. The molecule has 6 heteroatoms. The summed E-state index contributed by atoms with van der Waals surface area (Å²) in [6.07, 6.45) is 1.23. The van der Waals surface area contributed by atoms with Gasteiger partial charge in [-0.05, 0) is 30.5 Å². The normalized spacial score (nSPS) is 11.9. The van der Waals surface area contributed by atoms with Crippen molar-refractivity contribution in [3.05, 3.63) is 57.2 Å². The van der Waals surface area contributed by atoms with Crippen LogP contribution in [0.25, 0.3) is 0 Å². The van der Waals surface area contributed by atoms with Crippen LogP contribution >= 0.6 is 22.9 Å². The second kappa shape index (κ2) is 8.78. The van der Waals surface area contributed by atoms with Crippen LogP contribution in [0.4, 0.5) is 4.79 Å². The summed E-state index contributed by atoms with van der Waals surface area (Å²) >= 11 is 7.39. The lowest BCUT2D eigenvalue weighted by atomic mass is 10.0. The molecule has 118 valence electrons. The van der Waals surface area contributed by atoms with Gasteiger partial charge < -0.3 is 15.7 Å². The highest BCUT2D eigenvalue weighted by Crippen LogP contribution is 2.21. The fourth-order valence-corrected chi connectivity index (χ4v) is 3.22. The van der Waals surface area contributed by atoms with Gasteiger partial charge in [0.15, 0.2) is 0 Å². The number of benzene rings is 1. The van der Waals surface area contributed by atoms with E-state index in [2.05, 4.69) is 10.6 Å². The number of hydrogen-bond donors (Lipinski definition) is 3. The molecule has 1 aromatic carbocycles. The Labute approximate surface area is 139 Å². The molecule has 0 spiro atoms. The Morgan fingerprint density at radius 1 is 1.23 bits per heavy atom. The number of aliphatic hydroxyl groups excluding tert-OH is 1. The first-order valence-electron chi connectivity index (χ1n) is 7.13. The zero-order valence-electron chi connectivity index (χ0n) is 12.1. The standard InChI is InChI=1S/C16H19ClN2O2S/c17-15-7-6-13(22-15)8-10-18-16(21)19-14(9-11-20)12-4-2-1-3-5-12/h1-7,14,20H,8-11H2,(H2,18,19,21)/t14-/m1/s1. The molecule has 2 aromatic rings. The van der Waals surface area contributed by atoms with Crippen molar-refractivity contribution in [3.8, 4) is 0 Å². The maximum Gasteiger partial charge on any atom is 0.315 e. The number of hydrogen-bond acceptors (Lipinski definition) is 3. The van der Waals surface area contributed by atoms with Gasteiger partial charge >= 0.3 is 6.03 Å². The van der Waals surface area contributed by atoms with E-state index in [1.807, 2.05) is 42.5 Å². The number of rotatable bonds is 7. The van der Waals surface area contributed by atoms with Crippen molar-refractivity contribution in [2.75, 3.05) is 13.2 Å². The lowest BCUT2D eigenvalue weighted by Crippen LogP contribution is -2.39. The Morgan fingerprint density at radius 3 is 2.64 bits per heavy atom. The van der Waals surface area contributed by atoms with E-state index in [-0.39, 0.29) is 18.7 Å². The minimum Gasteiger partial charge on any atom is -0.396 e. The summed E-state index contributed by atoms with van der Waals surface area (Å²) in [7, 11) is 0. The molecule has 3 N–H and O–H groups in total. The predicted octanol–water partition coefficient (Wildman–Crippen LogP) is 3.37. The number of aliphatic hydroxyl groups is 1. The van der Waals surface area contributed by atoms with Gasteiger partial charge in [-0.25, -0.2) is 4.79 Å². The van der Waals surface area contributed by atoms with Crippen molar-refractivity contribution >= 4 is 29.0 Å². The third-order valence-electron chi connectivity index (χ3n) is 3.21. The molecule has 2 amide bonds. The molecule has 2 rings (SSSR count). The van der Waals surface area contributed by atoms with Gasteiger partial charge in [-0.1, -0.05) is 41.9 Å². The van der Waals surface area contributed by atoms with Crippen molar-refractivity contribution in [3.63, 3.8) is 0 Å². The summed E-state index contributed by atoms with van der Waals surface area (Å²) in [4.78, 5) is 13.1. The molecule has 0 aliphatic heterocycles. The van der Waals surface area contributed by atoms with Crippen molar-refractivity contribution < 1.29 is 9.90 Å². The highest BCUT2D eigenvalue weighted by atomic mass is 35.5. The van der Waals surface area contributed by atoms with Crippen LogP contribution in [0.5, 0.6) is 0 Å². The van der Waals surface area contributed by atoms with Crippen LogP contribution in [-0.4, -0.2) is 24.3 Å². The summed E-state index contributed by atoms with van der Waals surface area (Å²) in [6, 6.07) is 13.0. The van der Waals surface area contributed by atoms with Crippen molar-refractivity contribution in [2.45, 2.75) is 18.9 Å². The fourth-order valence-electron chi connectivity index (χ4n) is 2.13. The first kappa shape index (κ1) is 16.8. The molecule has 0 aliphatic rings. The smallest absolute Gasteiger partial charge is 0.315 e. The van der Waals surface area contributed by atoms with Gasteiger partial charge in [-0.15, -0.1) is 11.3 Å². The summed E-state index contributed by atoms with van der Waals surface area (Å²) < 4.78 is 0.756. The fraction of sp³-hybridized carbons (Fsp3) is 0.312. The lowest BCUT2D eigenvalue weighted by Gasteiger charge is -2.18. The maximum atomic E-state index is 12.0. The summed E-state index contributed by atoms with van der Waals surface area (Å²) in [5.41, 5.74) is 0.983. The summed E-state index contributed by atoms with van der Waals surface area (Å²) in [5, 5.41) is 14.9. The Morgan fingerprint density at radius 2 is 2.00 bits per heavy atom. The first-order chi connectivity index (χ1) is 10.7. The molecule has 1 heterocycles. The molecule has 0 saturated carbocycles. The van der Waals surface area contributed by atoms with Crippen LogP contribution in [0.15, 0.2) is 42.5 Å². The second-order valence-corrected chi connectivity index (χ2v) is 6.63. The van der Waals surface area contributed by atoms with E-state index >= 15 is 0 Å². The molecule has 1 aromatic heterocycles. The minimum absolute atomic E-state index is 0.0214. The van der Waals surface area contributed by atoms with E-state index in [1.165, 1.54) is 11.3 Å². The summed E-state index contributed by atoms with van der Waals surface area (Å²) in [6.45, 7) is 0.566. The molecule has 0 saturated heterocycles. The second-order valence-electron chi connectivity index (χ2n) is 4.83. The van der Waals surface area contributed by atoms with Crippen LogP contribution in [0.3, 0.4) is 0 Å². The van der Waals surface area contributed by atoms with Gasteiger partial charge in [-0.2, -0.15) is 0 Å². The highest BCUT2D eigenvalue weighted by molar-refractivity contribution is 7.16. The largest absolute Gasteiger partial charge is 0.396 e. The molecule has 0 aliphatic carbocycles. The number of thiophene rings is 1. The zero-order valence-corrected chi connectivity index (χ0v) is 13.7. The zero-order chi connectivity index (χ0) is 15.8. The van der Waals surface area contributed by atoms with Crippen LogP contribution in [-0.2, 0) is 6.42 Å². The van der Waals surface area contributed by atoms with Gasteiger partial charge in [0.1, 0.15) is 0 Å². The van der Waals surface area contributed by atoms with E-state index in [4.69, 9.17) is 16.7 Å². The molecule has 0 unspecified atom stereocenters. The maximum absolute atomic E-state index is 12.0. The van der Waals surface area contributed by atoms with E-state index in [0.717, 1.165) is 21.2 Å². The minimum atomic E-state index is -0.232. The molecule has 4 nitrogen and oxygen atoms in total. The Bertz CT molecular complexity index is 589. The van der Waals surface area contributed by atoms with Crippen molar-refractivity contribution in [1.29, 1.82) is 0 Å². The topological polar surface area (TPSA) is 61.4 Å².